The molecular formula is C38H40N4O5. The van der Waals surface area contributed by atoms with Crippen molar-refractivity contribution >= 4 is 40.4 Å². The fourth-order valence-electron chi connectivity index (χ4n) is 7.58. The SMILES string of the molecule is COC(=O)/C=C/c1ccc(NC(=O)C2(NC(=O)c3ccc4c(C5CCCCC5)c5n(c4c3)CCOc3cccnc3-5)CCCC2)cc1. The van der Waals surface area contributed by atoms with Crippen LogP contribution < -0.4 is 15.4 Å². The van der Waals surface area contributed by atoms with Crippen LogP contribution >= 0.6 is 0 Å². The molecule has 0 unspecified atom stereocenters. The first-order chi connectivity index (χ1) is 23.0. The van der Waals surface area contributed by atoms with Crippen molar-refractivity contribution in [3.05, 3.63) is 83.6 Å². The summed E-state index contributed by atoms with van der Waals surface area (Å²) < 4.78 is 13.1. The molecule has 0 atom stereocenters. The number of benzene rings is 2. The number of methoxy groups -OCH3 is 1. The lowest BCUT2D eigenvalue weighted by Gasteiger charge is -2.29. The number of carbonyl (C=O) groups is 3. The molecular weight excluding hydrogens is 592 g/mol. The van der Waals surface area contributed by atoms with E-state index in [2.05, 4.69) is 26.0 Å². The first-order valence-electron chi connectivity index (χ1n) is 16.7. The number of aromatic nitrogens is 2. The third kappa shape index (κ3) is 6.02. The molecule has 0 bridgehead atoms. The van der Waals surface area contributed by atoms with Crippen LogP contribution in [0.4, 0.5) is 5.69 Å². The van der Waals surface area contributed by atoms with Crippen LogP contribution in [-0.4, -0.2) is 46.6 Å². The van der Waals surface area contributed by atoms with Gasteiger partial charge in [-0.15, -0.1) is 0 Å². The van der Waals surface area contributed by atoms with Gasteiger partial charge in [-0.2, -0.15) is 0 Å². The highest BCUT2D eigenvalue weighted by atomic mass is 16.5. The van der Waals surface area contributed by atoms with Crippen molar-refractivity contribution in [3.63, 3.8) is 0 Å². The Morgan fingerprint density at radius 3 is 2.55 bits per heavy atom. The number of carbonyl (C=O) groups excluding carboxylic acids is 3. The number of pyridine rings is 1. The van der Waals surface area contributed by atoms with Crippen molar-refractivity contribution in [3.8, 4) is 17.1 Å². The van der Waals surface area contributed by atoms with Crippen LogP contribution in [0.1, 0.15) is 85.2 Å². The molecule has 9 nitrogen and oxygen atoms in total. The quantitative estimate of drug-likeness (QED) is 0.168. The monoisotopic (exact) mass is 632 g/mol. The molecule has 0 radical (unpaired) electrons. The van der Waals surface area contributed by atoms with Crippen molar-refractivity contribution in [2.45, 2.75) is 75.8 Å². The molecule has 0 spiro atoms. The Morgan fingerprint density at radius 2 is 1.79 bits per heavy atom. The standard InChI is InChI=1S/C38H40N4O5/c1-46-32(43)18-13-25-11-15-28(16-12-25)40-37(45)38(19-5-6-20-38)41-36(44)27-14-17-29-30(24-27)42-22-23-47-31-10-7-21-39-34(31)35(42)33(29)26-8-3-2-4-9-26/h7,10-18,21,24,26H,2-6,8-9,19-20,22-23H2,1H3,(H,40,45)(H,41,44)/b18-13+. The number of ether oxygens (including phenoxy) is 2. The number of hydrogen-bond donors (Lipinski definition) is 2. The number of rotatable bonds is 7. The van der Waals surface area contributed by atoms with E-state index in [-0.39, 0.29) is 11.8 Å². The minimum absolute atomic E-state index is 0.224. The van der Waals surface area contributed by atoms with Crippen LogP contribution in [0.3, 0.4) is 0 Å². The van der Waals surface area contributed by atoms with Crippen molar-refractivity contribution in [1.82, 2.24) is 14.9 Å². The predicted molar refractivity (Wildman–Crippen MR) is 181 cm³/mol. The van der Waals surface area contributed by atoms with Gasteiger partial charge in [0.15, 0.2) is 0 Å². The summed E-state index contributed by atoms with van der Waals surface area (Å²) in [5.74, 6) is 0.307. The topological polar surface area (TPSA) is 112 Å². The summed E-state index contributed by atoms with van der Waals surface area (Å²) in [4.78, 5) is 43.9. The number of hydrogen-bond acceptors (Lipinski definition) is 6. The molecule has 2 aliphatic carbocycles. The number of anilines is 1. The van der Waals surface area contributed by atoms with Crippen LogP contribution in [0.2, 0.25) is 0 Å². The van der Waals surface area contributed by atoms with Gasteiger partial charge in [-0.05, 0) is 85.2 Å². The summed E-state index contributed by atoms with van der Waals surface area (Å²) in [5.41, 5.74) is 5.23. The van der Waals surface area contributed by atoms with Crippen LogP contribution in [0.25, 0.3) is 28.4 Å². The van der Waals surface area contributed by atoms with Gasteiger partial charge in [0, 0.05) is 34.4 Å². The lowest BCUT2D eigenvalue weighted by molar-refractivity contribution is -0.134. The molecule has 9 heteroatoms. The maximum Gasteiger partial charge on any atom is 0.330 e. The van der Waals surface area contributed by atoms with Gasteiger partial charge in [-0.25, -0.2) is 4.79 Å². The van der Waals surface area contributed by atoms with E-state index >= 15 is 0 Å². The van der Waals surface area contributed by atoms with Gasteiger partial charge < -0.3 is 24.7 Å². The summed E-state index contributed by atoms with van der Waals surface area (Å²) in [6, 6.07) is 17.1. The van der Waals surface area contributed by atoms with Gasteiger partial charge in [0.2, 0.25) is 5.91 Å². The molecule has 2 saturated carbocycles. The van der Waals surface area contributed by atoms with E-state index in [9.17, 15) is 14.4 Å². The Labute approximate surface area is 274 Å². The van der Waals surface area contributed by atoms with E-state index < -0.39 is 11.5 Å². The number of amides is 2. The number of fused-ring (bicyclic) bond motifs is 5. The molecule has 4 aromatic rings. The maximum absolute atomic E-state index is 14.0. The van der Waals surface area contributed by atoms with E-state index in [0.717, 1.165) is 53.9 Å². The summed E-state index contributed by atoms with van der Waals surface area (Å²) in [7, 11) is 1.33. The van der Waals surface area contributed by atoms with Gasteiger partial charge in [-0.1, -0.05) is 50.3 Å². The molecule has 47 heavy (non-hydrogen) atoms. The molecule has 2 fully saturated rings. The Morgan fingerprint density at radius 1 is 1.00 bits per heavy atom. The Bertz CT molecular complexity index is 1850. The lowest BCUT2D eigenvalue weighted by Crippen LogP contribution is -2.55. The van der Waals surface area contributed by atoms with Crippen molar-refractivity contribution < 1.29 is 23.9 Å². The molecule has 3 heterocycles. The third-order valence-electron chi connectivity index (χ3n) is 9.97. The van der Waals surface area contributed by atoms with Crippen molar-refractivity contribution in [1.29, 1.82) is 0 Å². The molecule has 3 aliphatic rings. The second-order valence-corrected chi connectivity index (χ2v) is 12.9. The van der Waals surface area contributed by atoms with Crippen LogP contribution in [0, 0.1) is 0 Å². The highest BCUT2D eigenvalue weighted by Gasteiger charge is 2.43. The zero-order chi connectivity index (χ0) is 32.4. The average molecular weight is 633 g/mol. The molecule has 7 rings (SSSR count). The first kappa shape index (κ1) is 30.7. The fraction of sp³-hybridized carbons (Fsp3) is 0.368. The summed E-state index contributed by atoms with van der Waals surface area (Å²) in [6.07, 6.45) is 13.6. The van der Waals surface area contributed by atoms with Gasteiger partial charge >= 0.3 is 5.97 Å². The molecule has 1 aliphatic heterocycles. The number of nitrogens with one attached hydrogen (secondary N) is 2. The first-order valence-corrected chi connectivity index (χ1v) is 16.7. The molecule has 2 aromatic carbocycles. The number of esters is 1. The molecule has 242 valence electrons. The average Bonchev–Trinajstić information content (AvgIpc) is 3.66. The largest absolute Gasteiger partial charge is 0.489 e. The minimum Gasteiger partial charge on any atom is -0.489 e. The molecule has 2 amide bonds. The van der Waals surface area contributed by atoms with E-state index in [0.29, 0.717) is 43.2 Å². The van der Waals surface area contributed by atoms with E-state index in [1.807, 2.05) is 42.6 Å². The van der Waals surface area contributed by atoms with Gasteiger partial charge in [0.1, 0.15) is 23.6 Å². The van der Waals surface area contributed by atoms with Crippen LogP contribution in [0.5, 0.6) is 5.75 Å². The smallest absolute Gasteiger partial charge is 0.330 e. The van der Waals surface area contributed by atoms with E-state index in [1.165, 1.54) is 43.4 Å². The highest BCUT2D eigenvalue weighted by Crippen LogP contribution is 2.46. The normalized spacial score (nSPS) is 17.4. The van der Waals surface area contributed by atoms with Gasteiger partial charge in [0.25, 0.3) is 5.91 Å². The van der Waals surface area contributed by atoms with Crippen LogP contribution in [0.15, 0.2) is 66.9 Å². The summed E-state index contributed by atoms with van der Waals surface area (Å²) in [6.45, 7) is 1.17. The summed E-state index contributed by atoms with van der Waals surface area (Å²) >= 11 is 0. The maximum atomic E-state index is 14.0. The zero-order valence-corrected chi connectivity index (χ0v) is 26.7. The second-order valence-electron chi connectivity index (χ2n) is 12.9. The number of nitrogens with zero attached hydrogens (tertiary/aromatic N) is 2. The third-order valence-corrected chi connectivity index (χ3v) is 9.97. The molecule has 2 aromatic heterocycles. The Balaban J connectivity index is 1.18. The Kier molecular flexibility index (Phi) is 8.54. The lowest BCUT2D eigenvalue weighted by atomic mass is 9.82. The van der Waals surface area contributed by atoms with Gasteiger partial charge in [0.05, 0.1) is 19.3 Å². The van der Waals surface area contributed by atoms with Crippen LogP contribution in [-0.2, 0) is 20.9 Å². The molecule has 0 saturated heterocycles. The van der Waals surface area contributed by atoms with E-state index in [4.69, 9.17) is 9.72 Å². The predicted octanol–water partition coefficient (Wildman–Crippen LogP) is 7.01. The van der Waals surface area contributed by atoms with Gasteiger partial charge in [-0.3, -0.25) is 14.6 Å². The van der Waals surface area contributed by atoms with Crippen molar-refractivity contribution in [2.75, 3.05) is 19.0 Å². The van der Waals surface area contributed by atoms with Crippen molar-refractivity contribution in [2.24, 2.45) is 0 Å². The fourth-order valence-corrected chi connectivity index (χ4v) is 7.58. The summed E-state index contributed by atoms with van der Waals surface area (Å²) in [5, 5.41) is 7.35. The molecule has 2 N–H and O–H groups in total. The minimum atomic E-state index is -1.00. The second kappa shape index (κ2) is 13.1. The van der Waals surface area contributed by atoms with E-state index in [1.54, 1.807) is 18.2 Å². The Hall–Kier alpha value is -4.92. The zero-order valence-electron chi connectivity index (χ0n) is 26.7. The highest BCUT2D eigenvalue weighted by molar-refractivity contribution is 6.06.